The van der Waals surface area contributed by atoms with E-state index < -0.39 is 6.10 Å². The Bertz CT molecular complexity index is 811. The van der Waals surface area contributed by atoms with Crippen LogP contribution in [0.1, 0.15) is 17.6 Å². The normalized spacial score (nSPS) is 16.0. The number of halogens is 2. The number of likely N-dealkylation sites (N-methyl/N-ethyl adjacent to an activating group) is 1. The average Bonchev–Trinajstić information content (AvgIpc) is 3.10. The van der Waals surface area contributed by atoms with Crippen LogP contribution in [0.3, 0.4) is 0 Å². The van der Waals surface area contributed by atoms with Crippen molar-refractivity contribution in [2.24, 2.45) is 0 Å². The minimum absolute atomic E-state index is 0.145. The summed E-state index contributed by atoms with van der Waals surface area (Å²) in [5, 5.41) is 3.95. The third kappa shape index (κ3) is 5.81. The number of rotatable bonds is 7. The molecular weight excluding hydrogens is 421 g/mol. The zero-order valence-corrected chi connectivity index (χ0v) is 18.2. The Balaban J connectivity index is 1.53. The summed E-state index contributed by atoms with van der Waals surface area (Å²) in [5.41, 5.74) is 0.876. The summed E-state index contributed by atoms with van der Waals surface area (Å²) < 4.78 is 11.1. The number of ether oxygens (including phenoxy) is 2. The Hall–Kier alpha value is -1.38. The van der Waals surface area contributed by atoms with Crippen LogP contribution in [-0.4, -0.2) is 60.1 Å². The minimum Gasteiger partial charge on any atom is -0.479 e. The van der Waals surface area contributed by atoms with Crippen molar-refractivity contribution in [3.05, 3.63) is 44.3 Å². The van der Waals surface area contributed by atoms with Crippen molar-refractivity contribution in [1.29, 1.82) is 0 Å². The molecular formula is C19H23Cl2N3O3S. The highest BCUT2D eigenvalue weighted by molar-refractivity contribution is 7.09. The predicted molar refractivity (Wildman–Crippen MR) is 111 cm³/mol. The number of carbonyl (C=O) groups excluding carboxylic acids is 1. The molecule has 0 radical (unpaired) electrons. The quantitative estimate of drug-likeness (QED) is 0.652. The van der Waals surface area contributed by atoms with Crippen LogP contribution in [0.25, 0.3) is 0 Å². The summed E-state index contributed by atoms with van der Waals surface area (Å²) in [6.07, 6.45) is -0.671. The number of aromatic nitrogens is 1. The Labute approximate surface area is 179 Å². The van der Waals surface area contributed by atoms with Gasteiger partial charge in [0.1, 0.15) is 10.8 Å². The first-order valence-corrected chi connectivity index (χ1v) is 10.7. The summed E-state index contributed by atoms with van der Waals surface area (Å²) in [6, 6.07) is 4.92. The Morgan fingerprint density at radius 1 is 1.39 bits per heavy atom. The summed E-state index contributed by atoms with van der Waals surface area (Å²) >= 11 is 13.6. The van der Waals surface area contributed by atoms with Crippen molar-refractivity contribution >= 4 is 40.4 Å². The second-order valence-corrected chi connectivity index (χ2v) is 8.44. The molecule has 1 atom stereocenters. The molecule has 1 amide bonds. The van der Waals surface area contributed by atoms with E-state index in [4.69, 9.17) is 32.7 Å². The number of carbonyl (C=O) groups is 1. The van der Waals surface area contributed by atoms with Gasteiger partial charge in [-0.15, -0.1) is 11.3 Å². The highest BCUT2D eigenvalue weighted by Gasteiger charge is 2.21. The molecule has 2 aromatic rings. The van der Waals surface area contributed by atoms with E-state index in [2.05, 4.69) is 9.88 Å². The van der Waals surface area contributed by atoms with E-state index in [1.165, 1.54) is 0 Å². The van der Waals surface area contributed by atoms with Crippen molar-refractivity contribution in [2.45, 2.75) is 26.1 Å². The van der Waals surface area contributed by atoms with Crippen molar-refractivity contribution in [3.63, 3.8) is 0 Å². The van der Waals surface area contributed by atoms with Gasteiger partial charge in [-0.2, -0.15) is 0 Å². The van der Waals surface area contributed by atoms with Crippen LogP contribution in [0.15, 0.2) is 23.6 Å². The molecule has 0 aliphatic carbocycles. The molecule has 3 rings (SSSR count). The highest BCUT2D eigenvalue weighted by atomic mass is 35.5. The molecule has 152 valence electrons. The molecule has 0 bridgehead atoms. The molecule has 1 aliphatic rings. The van der Waals surface area contributed by atoms with Crippen LogP contribution >= 0.6 is 34.5 Å². The third-order valence-electron chi connectivity index (χ3n) is 4.38. The van der Waals surface area contributed by atoms with Crippen LogP contribution in [0.5, 0.6) is 5.75 Å². The number of hydrogen-bond acceptors (Lipinski definition) is 6. The van der Waals surface area contributed by atoms with Crippen LogP contribution in [-0.2, 0) is 22.6 Å². The number of amides is 1. The molecule has 1 unspecified atom stereocenters. The first-order valence-electron chi connectivity index (χ1n) is 9.02. The molecule has 2 heterocycles. The molecule has 0 N–H and O–H groups in total. The van der Waals surface area contributed by atoms with Gasteiger partial charge in [0.25, 0.3) is 5.91 Å². The average molecular weight is 444 g/mol. The lowest BCUT2D eigenvalue weighted by Crippen LogP contribution is -2.37. The van der Waals surface area contributed by atoms with Crippen molar-refractivity contribution in [2.75, 3.05) is 33.4 Å². The lowest BCUT2D eigenvalue weighted by atomic mass is 10.3. The Morgan fingerprint density at radius 2 is 2.14 bits per heavy atom. The molecule has 1 aromatic carbocycles. The number of morpholine rings is 1. The molecule has 1 aromatic heterocycles. The van der Waals surface area contributed by atoms with Crippen LogP contribution in [0.4, 0.5) is 0 Å². The lowest BCUT2D eigenvalue weighted by molar-refractivity contribution is -0.137. The van der Waals surface area contributed by atoms with Gasteiger partial charge >= 0.3 is 0 Å². The minimum atomic E-state index is -0.671. The van der Waals surface area contributed by atoms with E-state index in [0.29, 0.717) is 22.3 Å². The molecule has 1 fully saturated rings. The number of hydrogen-bond donors (Lipinski definition) is 0. The third-order valence-corrected chi connectivity index (χ3v) is 5.80. The van der Waals surface area contributed by atoms with E-state index in [0.717, 1.165) is 43.5 Å². The van der Waals surface area contributed by atoms with Gasteiger partial charge in [-0.1, -0.05) is 23.2 Å². The van der Waals surface area contributed by atoms with Gasteiger partial charge in [0, 0.05) is 30.5 Å². The van der Waals surface area contributed by atoms with E-state index in [1.807, 2.05) is 5.38 Å². The maximum Gasteiger partial charge on any atom is 0.263 e. The van der Waals surface area contributed by atoms with E-state index >= 15 is 0 Å². The highest BCUT2D eigenvalue weighted by Crippen LogP contribution is 2.28. The smallest absolute Gasteiger partial charge is 0.263 e. The predicted octanol–water partition coefficient (Wildman–Crippen LogP) is 3.71. The van der Waals surface area contributed by atoms with Gasteiger partial charge in [0.15, 0.2) is 6.10 Å². The standard InChI is InChI=1S/C19H23Cl2N3O3S/c1-13(27-17-4-3-14(20)9-16(17)21)19(25)23(2)10-15-12-28-18(22-15)11-24-5-7-26-8-6-24/h3-4,9,12-13H,5-8,10-11H2,1-2H3. The lowest BCUT2D eigenvalue weighted by Gasteiger charge is -2.25. The van der Waals surface area contributed by atoms with Gasteiger partial charge in [0.2, 0.25) is 0 Å². The molecule has 9 heteroatoms. The van der Waals surface area contributed by atoms with Gasteiger partial charge < -0.3 is 14.4 Å². The molecule has 1 aliphatic heterocycles. The van der Waals surface area contributed by atoms with Crippen LogP contribution in [0, 0.1) is 0 Å². The van der Waals surface area contributed by atoms with Crippen molar-refractivity contribution in [3.8, 4) is 5.75 Å². The second kappa shape index (κ2) is 9.89. The maximum absolute atomic E-state index is 12.6. The fourth-order valence-electron chi connectivity index (χ4n) is 2.89. The van der Waals surface area contributed by atoms with E-state index in [1.54, 1.807) is 48.4 Å². The maximum atomic E-state index is 12.6. The number of benzene rings is 1. The Morgan fingerprint density at radius 3 is 2.86 bits per heavy atom. The first-order chi connectivity index (χ1) is 13.4. The fourth-order valence-corrected chi connectivity index (χ4v) is 4.17. The fraction of sp³-hybridized carbons (Fsp3) is 0.474. The van der Waals surface area contributed by atoms with Crippen LogP contribution in [0.2, 0.25) is 10.0 Å². The summed E-state index contributed by atoms with van der Waals surface area (Å²) in [6.45, 7) is 6.34. The number of nitrogens with zero attached hydrogens (tertiary/aromatic N) is 3. The molecule has 0 spiro atoms. The summed E-state index contributed by atoms with van der Waals surface area (Å²) in [5.74, 6) is 0.288. The topological polar surface area (TPSA) is 54.9 Å². The van der Waals surface area contributed by atoms with Gasteiger partial charge in [-0.3, -0.25) is 9.69 Å². The molecule has 0 saturated carbocycles. The first kappa shape index (κ1) is 21.3. The molecule has 28 heavy (non-hydrogen) atoms. The number of thiazole rings is 1. The SMILES string of the molecule is CC(Oc1ccc(Cl)cc1Cl)C(=O)N(C)Cc1csc(CN2CCOCC2)n1. The van der Waals surface area contributed by atoms with E-state index in [-0.39, 0.29) is 5.91 Å². The van der Waals surface area contributed by atoms with Gasteiger partial charge in [-0.25, -0.2) is 4.98 Å². The zero-order valence-electron chi connectivity index (χ0n) is 15.9. The summed E-state index contributed by atoms with van der Waals surface area (Å²) in [7, 11) is 1.74. The van der Waals surface area contributed by atoms with Crippen LogP contribution < -0.4 is 4.74 Å². The Kier molecular flexibility index (Phi) is 7.54. The summed E-state index contributed by atoms with van der Waals surface area (Å²) in [4.78, 5) is 21.2. The second-order valence-electron chi connectivity index (χ2n) is 6.65. The van der Waals surface area contributed by atoms with Crippen molar-refractivity contribution in [1.82, 2.24) is 14.8 Å². The molecule has 6 nitrogen and oxygen atoms in total. The zero-order chi connectivity index (χ0) is 20.1. The van der Waals surface area contributed by atoms with Gasteiger partial charge in [-0.05, 0) is 25.1 Å². The van der Waals surface area contributed by atoms with Crippen molar-refractivity contribution < 1.29 is 14.3 Å². The monoisotopic (exact) mass is 443 g/mol. The van der Waals surface area contributed by atoms with Gasteiger partial charge in [0.05, 0.1) is 37.0 Å². The van der Waals surface area contributed by atoms with E-state index in [9.17, 15) is 4.79 Å². The molecule has 1 saturated heterocycles. The largest absolute Gasteiger partial charge is 0.479 e.